The topological polar surface area (TPSA) is 97.9 Å². The largest absolute Gasteiger partial charge is 0.494 e. The van der Waals surface area contributed by atoms with Gasteiger partial charge in [0.1, 0.15) is 29.5 Å². The van der Waals surface area contributed by atoms with Crippen molar-refractivity contribution in [1.29, 1.82) is 0 Å². The van der Waals surface area contributed by atoms with Crippen LogP contribution in [0.25, 0.3) is 0 Å². The number of carbonyl (C=O) groups is 1. The Morgan fingerprint density at radius 1 is 1.02 bits per heavy atom. The van der Waals surface area contributed by atoms with Crippen LogP contribution < -0.4 is 25.6 Å². The summed E-state index contributed by atoms with van der Waals surface area (Å²) in [7, 11) is 3.79. The van der Waals surface area contributed by atoms with Gasteiger partial charge in [0, 0.05) is 50.0 Å². The van der Waals surface area contributed by atoms with Crippen molar-refractivity contribution < 1.29 is 13.9 Å². The van der Waals surface area contributed by atoms with Gasteiger partial charge in [-0.05, 0) is 63.3 Å². The lowest BCUT2D eigenvalue weighted by Crippen LogP contribution is -2.53. The molecule has 3 N–H and O–H groups in total. The average molecular weight is 595 g/mol. The minimum absolute atomic E-state index is 0.00886. The summed E-state index contributed by atoms with van der Waals surface area (Å²) in [5, 5.41) is 9.35. The third kappa shape index (κ3) is 7.10. The fraction of sp³-hybridized carbons (Fsp3) is 0.367. The summed E-state index contributed by atoms with van der Waals surface area (Å²) >= 11 is 5.91. The van der Waals surface area contributed by atoms with Gasteiger partial charge in [0.05, 0.1) is 29.2 Å². The van der Waals surface area contributed by atoms with Crippen LogP contribution in [-0.4, -0.2) is 85.1 Å². The first-order valence-electron chi connectivity index (χ1n) is 14.0. The van der Waals surface area contributed by atoms with Crippen LogP contribution in [0.4, 0.5) is 38.8 Å². The zero-order valence-corrected chi connectivity index (χ0v) is 24.6. The van der Waals surface area contributed by atoms with E-state index < -0.39 is 5.82 Å². The van der Waals surface area contributed by atoms with Crippen molar-refractivity contribution >= 4 is 51.9 Å². The van der Waals surface area contributed by atoms with Crippen LogP contribution in [0.5, 0.6) is 5.75 Å². The zero-order valence-electron chi connectivity index (χ0n) is 23.9. The zero-order chi connectivity index (χ0) is 29.6. The predicted molar refractivity (Wildman–Crippen MR) is 166 cm³/mol. The van der Waals surface area contributed by atoms with Crippen LogP contribution in [0.3, 0.4) is 0 Å². The molecule has 222 valence electrons. The van der Waals surface area contributed by atoms with E-state index in [1.807, 2.05) is 12.1 Å². The fourth-order valence-electron chi connectivity index (χ4n) is 5.42. The van der Waals surface area contributed by atoms with Crippen molar-refractivity contribution in [3.63, 3.8) is 0 Å². The Bertz CT molecular complexity index is 1420. The standard InChI is InChI=1S/C30H36ClFN8O2/c1-4-30(41)37-24-16-25(36-29-18-28(33-19-34-29)35-20-5-6-23(32)22(31)15-20)27(42-3)17-26(24)40-13-11-39(12-14-40)21-7-9-38(2)10-8-21/h4-6,15-19,21H,1,7-14H2,2-3H3,(H,37,41)(H2,33,34,35,36). The first kappa shape index (κ1) is 29.6. The Morgan fingerprint density at radius 2 is 1.74 bits per heavy atom. The molecule has 1 aromatic heterocycles. The number of hydrogen-bond donors (Lipinski definition) is 3. The van der Waals surface area contributed by atoms with Gasteiger partial charge in [-0.3, -0.25) is 9.69 Å². The van der Waals surface area contributed by atoms with Crippen LogP contribution in [0.2, 0.25) is 5.02 Å². The van der Waals surface area contributed by atoms with E-state index in [0.29, 0.717) is 40.5 Å². The Morgan fingerprint density at radius 3 is 2.40 bits per heavy atom. The number of carbonyl (C=O) groups excluding carboxylic acids is 1. The monoisotopic (exact) mass is 594 g/mol. The van der Waals surface area contributed by atoms with E-state index in [1.165, 1.54) is 37.4 Å². The van der Waals surface area contributed by atoms with E-state index in [-0.39, 0.29) is 10.9 Å². The molecular weight excluding hydrogens is 559 g/mol. The highest BCUT2D eigenvalue weighted by Gasteiger charge is 2.28. The van der Waals surface area contributed by atoms with E-state index in [1.54, 1.807) is 19.2 Å². The molecule has 2 aliphatic rings. The molecule has 0 bridgehead atoms. The number of piperidine rings is 1. The van der Waals surface area contributed by atoms with Gasteiger partial charge in [0.15, 0.2) is 0 Å². The highest BCUT2D eigenvalue weighted by atomic mass is 35.5. The first-order valence-corrected chi connectivity index (χ1v) is 14.3. The van der Waals surface area contributed by atoms with Crippen molar-refractivity contribution in [2.45, 2.75) is 18.9 Å². The number of hydrogen-bond acceptors (Lipinski definition) is 9. The first-order chi connectivity index (χ1) is 20.3. The molecule has 0 spiro atoms. The van der Waals surface area contributed by atoms with Gasteiger partial charge < -0.3 is 30.5 Å². The minimum atomic E-state index is -0.499. The second-order valence-corrected chi connectivity index (χ2v) is 10.9. The number of ether oxygens (including phenoxy) is 1. The van der Waals surface area contributed by atoms with E-state index >= 15 is 0 Å². The summed E-state index contributed by atoms with van der Waals surface area (Å²) in [5.74, 6) is 0.760. The van der Waals surface area contributed by atoms with Crippen molar-refractivity contribution in [3.05, 3.63) is 66.2 Å². The Balaban J connectivity index is 1.35. The van der Waals surface area contributed by atoms with E-state index in [4.69, 9.17) is 16.3 Å². The van der Waals surface area contributed by atoms with Gasteiger partial charge in [-0.2, -0.15) is 0 Å². The molecule has 0 radical (unpaired) electrons. The Labute approximate surface area is 250 Å². The molecule has 3 heterocycles. The quantitative estimate of drug-likeness (QED) is 0.292. The van der Waals surface area contributed by atoms with Gasteiger partial charge in [-0.25, -0.2) is 14.4 Å². The lowest BCUT2D eigenvalue weighted by molar-refractivity contribution is -0.111. The number of benzene rings is 2. The Kier molecular flexibility index (Phi) is 9.41. The molecule has 12 heteroatoms. The van der Waals surface area contributed by atoms with Crippen LogP contribution in [-0.2, 0) is 4.79 Å². The van der Waals surface area contributed by atoms with Crippen LogP contribution in [0, 0.1) is 5.82 Å². The molecule has 10 nitrogen and oxygen atoms in total. The number of rotatable bonds is 9. The average Bonchev–Trinajstić information content (AvgIpc) is 3.00. The van der Waals surface area contributed by atoms with Crippen LogP contribution in [0.15, 0.2) is 55.4 Å². The molecule has 5 rings (SSSR count). The molecular formula is C30H36ClFN8O2. The summed E-state index contributed by atoms with van der Waals surface area (Å²) in [4.78, 5) is 28.3. The normalized spacial score (nSPS) is 16.6. The highest BCUT2D eigenvalue weighted by Crippen LogP contribution is 2.39. The number of piperazine rings is 1. The maximum absolute atomic E-state index is 13.6. The molecule has 2 aromatic carbocycles. The number of halogens is 2. The number of aromatic nitrogens is 2. The van der Waals surface area contributed by atoms with Gasteiger partial charge >= 0.3 is 0 Å². The molecule has 0 atom stereocenters. The third-order valence-corrected chi connectivity index (χ3v) is 8.03. The molecule has 2 aliphatic heterocycles. The summed E-state index contributed by atoms with van der Waals surface area (Å²) in [6, 6.07) is 10.4. The number of nitrogens with one attached hydrogen (secondary N) is 3. The number of anilines is 6. The summed E-state index contributed by atoms with van der Waals surface area (Å²) in [5.41, 5.74) is 2.72. The molecule has 2 saturated heterocycles. The molecule has 0 unspecified atom stereocenters. The minimum Gasteiger partial charge on any atom is -0.494 e. The lowest BCUT2D eigenvalue weighted by Gasteiger charge is -2.43. The predicted octanol–water partition coefficient (Wildman–Crippen LogP) is 5.11. The van der Waals surface area contributed by atoms with Crippen LogP contribution in [0.1, 0.15) is 12.8 Å². The van der Waals surface area contributed by atoms with Gasteiger partial charge in [-0.1, -0.05) is 18.2 Å². The van der Waals surface area contributed by atoms with E-state index in [9.17, 15) is 9.18 Å². The number of likely N-dealkylation sites (tertiary alicyclic amines) is 1. The summed E-state index contributed by atoms with van der Waals surface area (Å²) in [6.07, 6.45) is 5.05. The van der Waals surface area contributed by atoms with Gasteiger partial charge in [0.2, 0.25) is 5.91 Å². The lowest BCUT2D eigenvalue weighted by atomic mass is 10.0. The van der Waals surface area contributed by atoms with Crippen molar-refractivity contribution in [3.8, 4) is 5.75 Å². The number of nitrogens with zero attached hydrogens (tertiary/aromatic N) is 5. The van der Waals surface area contributed by atoms with Crippen molar-refractivity contribution in [1.82, 2.24) is 19.8 Å². The van der Waals surface area contributed by atoms with Gasteiger partial charge in [-0.15, -0.1) is 0 Å². The number of amides is 1. The molecule has 0 aliphatic carbocycles. The molecule has 0 saturated carbocycles. The molecule has 42 heavy (non-hydrogen) atoms. The summed E-state index contributed by atoms with van der Waals surface area (Å²) in [6.45, 7) is 9.49. The Hall–Kier alpha value is -3.93. The maximum Gasteiger partial charge on any atom is 0.247 e. The second kappa shape index (κ2) is 13.4. The second-order valence-electron chi connectivity index (χ2n) is 10.5. The summed E-state index contributed by atoms with van der Waals surface area (Å²) < 4.78 is 19.3. The third-order valence-electron chi connectivity index (χ3n) is 7.74. The molecule has 3 aromatic rings. The van der Waals surface area contributed by atoms with Crippen molar-refractivity contribution in [2.24, 2.45) is 0 Å². The van der Waals surface area contributed by atoms with Crippen LogP contribution >= 0.6 is 11.6 Å². The van der Waals surface area contributed by atoms with E-state index in [0.717, 1.165) is 45.0 Å². The van der Waals surface area contributed by atoms with Gasteiger partial charge in [0.25, 0.3) is 0 Å². The van der Waals surface area contributed by atoms with E-state index in [2.05, 4.69) is 54.2 Å². The molecule has 2 fully saturated rings. The smallest absolute Gasteiger partial charge is 0.247 e. The molecule has 1 amide bonds. The number of methoxy groups -OCH3 is 1. The fourth-order valence-corrected chi connectivity index (χ4v) is 5.60. The van der Waals surface area contributed by atoms with Crippen molar-refractivity contribution in [2.75, 3.05) is 74.3 Å². The highest BCUT2D eigenvalue weighted by molar-refractivity contribution is 6.31. The SMILES string of the molecule is C=CC(=O)Nc1cc(Nc2cc(Nc3ccc(F)c(Cl)c3)ncn2)c(OC)cc1N1CCN(C2CCN(C)CC2)CC1. The maximum atomic E-state index is 13.6.